The van der Waals surface area contributed by atoms with Crippen LogP contribution in [0.5, 0.6) is 5.75 Å². The standard InChI is InChI=1S/C12H17NO2/c1-2-13-10-3-5-11(6-4-10)15-12-7-8-14-9-12/h3-6,12-13H,2,7-9H2,1H3/t12-/m0/s1. The number of ether oxygens (including phenoxy) is 2. The second-order valence-corrected chi connectivity index (χ2v) is 3.66. The third-order valence-corrected chi connectivity index (χ3v) is 2.43. The van der Waals surface area contributed by atoms with Crippen molar-refractivity contribution in [2.24, 2.45) is 0 Å². The molecule has 3 heteroatoms. The highest BCUT2D eigenvalue weighted by Gasteiger charge is 2.16. The quantitative estimate of drug-likeness (QED) is 0.821. The highest BCUT2D eigenvalue weighted by Crippen LogP contribution is 2.19. The zero-order valence-corrected chi connectivity index (χ0v) is 9.03. The molecule has 0 saturated carbocycles. The van der Waals surface area contributed by atoms with Gasteiger partial charge in [-0.2, -0.15) is 0 Å². The molecular weight excluding hydrogens is 190 g/mol. The summed E-state index contributed by atoms with van der Waals surface area (Å²) in [6.07, 6.45) is 1.23. The fourth-order valence-electron chi connectivity index (χ4n) is 1.65. The van der Waals surface area contributed by atoms with Gasteiger partial charge in [0.05, 0.1) is 13.2 Å². The number of anilines is 1. The molecule has 3 nitrogen and oxygen atoms in total. The predicted octanol–water partition coefficient (Wildman–Crippen LogP) is 2.29. The van der Waals surface area contributed by atoms with E-state index in [0.29, 0.717) is 0 Å². The van der Waals surface area contributed by atoms with Crippen molar-refractivity contribution in [3.05, 3.63) is 24.3 Å². The molecule has 0 amide bonds. The molecule has 1 aliphatic heterocycles. The maximum atomic E-state index is 5.76. The number of hydrogen-bond acceptors (Lipinski definition) is 3. The van der Waals surface area contributed by atoms with Crippen molar-refractivity contribution in [3.63, 3.8) is 0 Å². The van der Waals surface area contributed by atoms with Gasteiger partial charge < -0.3 is 14.8 Å². The van der Waals surface area contributed by atoms with E-state index < -0.39 is 0 Å². The first-order chi connectivity index (χ1) is 7.38. The van der Waals surface area contributed by atoms with Crippen molar-refractivity contribution in [3.8, 4) is 5.75 Å². The monoisotopic (exact) mass is 207 g/mol. The van der Waals surface area contributed by atoms with Gasteiger partial charge in [0.15, 0.2) is 0 Å². The zero-order valence-electron chi connectivity index (χ0n) is 9.03. The fraction of sp³-hybridized carbons (Fsp3) is 0.500. The van der Waals surface area contributed by atoms with Crippen LogP contribution in [0.15, 0.2) is 24.3 Å². The van der Waals surface area contributed by atoms with Crippen molar-refractivity contribution >= 4 is 5.69 Å². The van der Waals surface area contributed by atoms with E-state index in [2.05, 4.69) is 12.2 Å². The summed E-state index contributed by atoms with van der Waals surface area (Å²) < 4.78 is 11.0. The van der Waals surface area contributed by atoms with Crippen LogP contribution in [0.4, 0.5) is 5.69 Å². The molecule has 1 aliphatic rings. The molecule has 0 bridgehead atoms. The molecule has 15 heavy (non-hydrogen) atoms. The van der Waals surface area contributed by atoms with E-state index in [9.17, 15) is 0 Å². The smallest absolute Gasteiger partial charge is 0.124 e. The third kappa shape index (κ3) is 2.86. The van der Waals surface area contributed by atoms with E-state index in [1.54, 1.807) is 0 Å². The molecule has 0 spiro atoms. The van der Waals surface area contributed by atoms with Crippen LogP contribution in [0.3, 0.4) is 0 Å². The maximum Gasteiger partial charge on any atom is 0.124 e. The highest BCUT2D eigenvalue weighted by molar-refractivity contribution is 5.46. The van der Waals surface area contributed by atoms with Crippen LogP contribution in [-0.2, 0) is 4.74 Å². The lowest BCUT2D eigenvalue weighted by Gasteiger charge is -2.12. The van der Waals surface area contributed by atoms with Crippen LogP contribution in [0, 0.1) is 0 Å². The van der Waals surface area contributed by atoms with Crippen molar-refractivity contribution in [1.82, 2.24) is 0 Å². The molecule has 1 N–H and O–H groups in total. The largest absolute Gasteiger partial charge is 0.488 e. The first-order valence-electron chi connectivity index (χ1n) is 5.47. The summed E-state index contributed by atoms with van der Waals surface area (Å²) >= 11 is 0. The van der Waals surface area contributed by atoms with Gasteiger partial charge in [-0.05, 0) is 31.2 Å². The Morgan fingerprint density at radius 1 is 1.40 bits per heavy atom. The van der Waals surface area contributed by atoms with E-state index in [4.69, 9.17) is 9.47 Å². The Bertz CT molecular complexity index is 291. The van der Waals surface area contributed by atoms with Gasteiger partial charge in [0.25, 0.3) is 0 Å². The zero-order chi connectivity index (χ0) is 10.5. The summed E-state index contributed by atoms with van der Waals surface area (Å²) in [5, 5.41) is 3.25. The van der Waals surface area contributed by atoms with Gasteiger partial charge in [-0.3, -0.25) is 0 Å². The van der Waals surface area contributed by atoms with Crippen LogP contribution >= 0.6 is 0 Å². The summed E-state index contributed by atoms with van der Waals surface area (Å²) in [7, 11) is 0. The second kappa shape index (κ2) is 5.03. The van der Waals surface area contributed by atoms with E-state index in [1.165, 1.54) is 0 Å². The summed E-state index contributed by atoms with van der Waals surface area (Å²) in [6, 6.07) is 8.07. The van der Waals surface area contributed by atoms with Crippen LogP contribution < -0.4 is 10.1 Å². The molecule has 0 aromatic heterocycles. The molecule has 82 valence electrons. The van der Waals surface area contributed by atoms with Crippen LogP contribution in [0.1, 0.15) is 13.3 Å². The van der Waals surface area contributed by atoms with Crippen LogP contribution in [-0.4, -0.2) is 25.9 Å². The van der Waals surface area contributed by atoms with Crippen molar-refractivity contribution < 1.29 is 9.47 Å². The second-order valence-electron chi connectivity index (χ2n) is 3.66. The molecule has 1 aromatic carbocycles. The van der Waals surface area contributed by atoms with Gasteiger partial charge in [0.1, 0.15) is 11.9 Å². The van der Waals surface area contributed by atoms with E-state index >= 15 is 0 Å². The fourth-order valence-corrected chi connectivity index (χ4v) is 1.65. The summed E-state index contributed by atoms with van der Waals surface area (Å²) in [5.41, 5.74) is 1.13. The summed E-state index contributed by atoms with van der Waals surface area (Å²) in [5.74, 6) is 0.923. The lowest BCUT2D eigenvalue weighted by Crippen LogP contribution is -2.15. The lowest BCUT2D eigenvalue weighted by molar-refractivity contribution is 0.141. The van der Waals surface area contributed by atoms with Gasteiger partial charge in [-0.25, -0.2) is 0 Å². The molecule has 1 fully saturated rings. The summed E-state index contributed by atoms with van der Waals surface area (Å²) in [6.45, 7) is 4.56. The van der Waals surface area contributed by atoms with Gasteiger partial charge >= 0.3 is 0 Å². The normalized spacial score (nSPS) is 20.2. The Hall–Kier alpha value is -1.22. The Kier molecular flexibility index (Phi) is 3.45. The Morgan fingerprint density at radius 2 is 2.20 bits per heavy atom. The molecular formula is C12H17NO2. The van der Waals surface area contributed by atoms with E-state index in [-0.39, 0.29) is 6.10 Å². The molecule has 0 aliphatic carbocycles. The minimum atomic E-state index is 0.231. The molecule has 1 atom stereocenters. The van der Waals surface area contributed by atoms with Crippen LogP contribution in [0.25, 0.3) is 0 Å². The average molecular weight is 207 g/mol. The molecule has 2 rings (SSSR count). The minimum absolute atomic E-state index is 0.231. The third-order valence-electron chi connectivity index (χ3n) is 2.43. The number of nitrogens with one attached hydrogen (secondary N) is 1. The highest BCUT2D eigenvalue weighted by atomic mass is 16.5. The van der Waals surface area contributed by atoms with Crippen molar-refractivity contribution in [1.29, 1.82) is 0 Å². The van der Waals surface area contributed by atoms with Gasteiger partial charge in [-0.1, -0.05) is 0 Å². The Morgan fingerprint density at radius 3 is 2.80 bits per heavy atom. The Labute approximate surface area is 90.4 Å². The molecule has 0 radical (unpaired) electrons. The van der Waals surface area contributed by atoms with Gasteiger partial charge in [-0.15, -0.1) is 0 Å². The molecule has 1 saturated heterocycles. The van der Waals surface area contributed by atoms with Crippen LogP contribution in [0.2, 0.25) is 0 Å². The topological polar surface area (TPSA) is 30.5 Å². The number of rotatable bonds is 4. The Balaban J connectivity index is 1.91. The lowest BCUT2D eigenvalue weighted by atomic mass is 10.3. The minimum Gasteiger partial charge on any atom is -0.488 e. The van der Waals surface area contributed by atoms with E-state index in [0.717, 1.165) is 37.6 Å². The molecule has 1 heterocycles. The first kappa shape index (κ1) is 10.3. The van der Waals surface area contributed by atoms with Gasteiger partial charge in [0.2, 0.25) is 0 Å². The molecule has 0 unspecified atom stereocenters. The van der Waals surface area contributed by atoms with Crippen molar-refractivity contribution in [2.45, 2.75) is 19.4 Å². The van der Waals surface area contributed by atoms with Crippen molar-refractivity contribution in [2.75, 3.05) is 25.1 Å². The number of hydrogen-bond donors (Lipinski definition) is 1. The first-order valence-corrected chi connectivity index (χ1v) is 5.47. The number of benzene rings is 1. The average Bonchev–Trinajstić information content (AvgIpc) is 2.74. The maximum absolute atomic E-state index is 5.76. The SMILES string of the molecule is CCNc1ccc(O[C@H]2CCOC2)cc1. The predicted molar refractivity (Wildman–Crippen MR) is 60.5 cm³/mol. The van der Waals surface area contributed by atoms with E-state index in [1.807, 2.05) is 24.3 Å². The molecule has 1 aromatic rings. The van der Waals surface area contributed by atoms with Gasteiger partial charge in [0, 0.05) is 18.7 Å². The summed E-state index contributed by atoms with van der Waals surface area (Å²) in [4.78, 5) is 0.